The largest absolute Gasteiger partial charge is 0.462 e. The van der Waals surface area contributed by atoms with E-state index in [0.29, 0.717) is 15.7 Å². The smallest absolute Gasteiger partial charge is 0.341 e. The van der Waals surface area contributed by atoms with Crippen molar-refractivity contribution in [2.45, 2.75) is 19.0 Å². The Bertz CT molecular complexity index is 1120. The van der Waals surface area contributed by atoms with Gasteiger partial charge in [-0.3, -0.25) is 14.2 Å². The SMILES string of the molecule is CCOC(=O)c1c(NC(=O)CSc2nccn2-c2ccc(Cl)cc2)sc(C(N)=O)c1C. The van der Waals surface area contributed by atoms with Crippen LogP contribution in [0.5, 0.6) is 0 Å². The van der Waals surface area contributed by atoms with Crippen molar-refractivity contribution in [1.82, 2.24) is 9.55 Å². The summed E-state index contributed by atoms with van der Waals surface area (Å²) in [6, 6.07) is 7.23. The maximum Gasteiger partial charge on any atom is 0.341 e. The van der Waals surface area contributed by atoms with Gasteiger partial charge >= 0.3 is 5.97 Å². The molecule has 0 aliphatic heterocycles. The molecule has 8 nitrogen and oxygen atoms in total. The number of thioether (sulfide) groups is 1. The van der Waals surface area contributed by atoms with E-state index in [2.05, 4.69) is 10.3 Å². The van der Waals surface area contributed by atoms with Crippen molar-refractivity contribution < 1.29 is 19.1 Å². The van der Waals surface area contributed by atoms with Crippen LogP contribution in [0.4, 0.5) is 5.00 Å². The lowest BCUT2D eigenvalue weighted by atomic mass is 10.1. The number of nitrogens with two attached hydrogens (primary N) is 1. The third-order valence-corrected chi connectivity index (χ3v) is 6.59. The lowest BCUT2D eigenvalue weighted by molar-refractivity contribution is -0.113. The topological polar surface area (TPSA) is 116 Å². The van der Waals surface area contributed by atoms with Crippen LogP contribution < -0.4 is 11.1 Å². The highest BCUT2D eigenvalue weighted by molar-refractivity contribution is 7.99. The molecule has 3 N–H and O–H groups in total. The fourth-order valence-corrected chi connectivity index (χ4v) is 4.74. The molecule has 0 saturated heterocycles. The van der Waals surface area contributed by atoms with Gasteiger partial charge in [-0.1, -0.05) is 23.4 Å². The summed E-state index contributed by atoms with van der Waals surface area (Å²) in [6.45, 7) is 3.43. The van der Waals surface area contributed by atoms with Gasteiger partial charge in [-0.25, -0.2) is 9.78 Å². The molecule has 1 aromatic carbocycles. The van der Waals surface area contributed by atoms with E-state index < -0.39 is 11.9 Å². The minimum absolute atomic E-state index is 0.0374. The van der Waals surface area contributed by atoms with Crippen LogP contribution in [0, 0.1) is 6.92 Å². The Balaban J connectivity index is 1.74. The molecule has 31 heavy (non-hydrogen) atoms. The Morgan fingerprint density at radius 1 is 1.29 bits per heavy atom. The number of nitrogens with zero attached hydrogens (tertiary/aromatic N) is 2. The summed E-state index contributed by atoms with van der Waals surface area (Å²) in [6.07, 6.45) is 3.42. The summed E-state index contributed by atoms with van der Waals surface area (Å²) >= 11 is 8.11. The number of anilines is 1. The maximum atomic E-state index is 12.6. The molecule has 0 unspecified atom stereocenters. The highest BCUT2D eigenvalue weighted by Crippen LogP contribution is 2.34. The monoisotopic (exact) mass is 478 g/mol. The van der Waals surface area contributed by atoms with Gasteiger partial charge in [0.15, 0.2) is 5.16 Å². The average molecular weight is 479 g/mol. The van der Waals surface area contributed by atoms with E-state index in [1.54, 1.807) is 38.4 Å². The molecule has 3 rings (SSSR count). The number of rotatable bonds is 8. The van der Waals surface area contributed by atoms with Crippen LogP contribution in [-0.2, 0) is 9.53 Å². The number of hydrogen-bond acceptors (Lipinski definition) is 7. The highest BCUT2D eigenvalue weighted by Gasteiger charge is 2.25. The summed E-state index contributed by atoms with van der Waals surface area (Å²) in [7, 11) is 0. The molecule has 0 saturated carbocycles. The van der Waals surface area contributed by atoms with E-state index in [4.69, 9.17) is 22.1 Å². The first-order valence-corrected chi connectivity index (χ1v) is 11.3. The number of carbonyl (C=O) groups is 3. The van der Waals surface area contributed by atoms with Crippen LogP contribution >= 0.6 is 34.7 Å². The molecule has 162 valence electrons. The number of aromatic nitrogens is 2. The standard InChI is InChI=1S/C20H19ClN4O4S2/c1-3-29-19(28)15-11(2)16(17(22)27)31-18(15)24-14(26)10-30-20-23-8-9-25(20)13-6-4-12(21)5-7-13/h4-9H,3,10H2,1-2H3,(H2,22,27)(H,24,26). The number of halogens is 1. The summed E-state index contributed by atoms with van der Waals surface area (Å²) in [4.78, 5) is 41.1. The van der Waals surface area contributed by atoms with Gasteiger partial charge in [-0.15, -0.1) is 11.3 Å². The van der Waals surface area contributed by atoms with E-state index in [1.165, 1.54) is 11.8 Å². The maximum absolute atomic E-state index is 12.6. The number of hydrogen-bond donors (Lipinski definition) is 2. The van der Waals surface area contributed by atoms with E-state index in [-0.39, 0.29) is 33.7 Å². The summed E-state index contributed by atoms with van der Waals surface area (Å²) in [5.41, 5.74) is 6.77. The van der Waals surface area contributed by atoms with Crippen LogP contribution in [0.25, 0.3) is 5.69 Å². The number of primary amides is 1. The summed E-state index contributed by atoms with van der Waals surface area (Å²) < 4.78 is 6.88. The third kappa shape index (κ3) is 5.27. The second-order valence-electron chi connectivity index (χ2n) is 6.24. The van der Waals surface area contributed by atoms with Crippen molar-refractivity contribution in [2.75, 3.05) is 17.7 Å². The van der Waals surface area contributed by atoms with Gasteiger partial charge in [0.1, 0.15) is 5.00 Å². The highest BCUT2D eigenvalue weighted by atomic mass is 35.5. The van der Waals surface area contributed by atoms with Crippen molar-refractivity contribution >= 4 is 57.5 Å². The fourth-order valence-electron chi connectivity index (χ4n) is 2.77. The first-order chi connectivity index (χ1) is 14.8. The van der Waals surface area contributed by atoms with Crippen LogP contribution in [0.2, 0.25) is 5.02 Å². The second-order valence-corrected chi connectivity index (χ2v) is 8.64. The molecule has 0 aliphatic rings. The van der Waals surface area contributed by atoms with Gasteiger partial charge in [0.05, 0.1) is 22.8 Å². The Hall–Kier alpha value is -2.82. The third-order valence-electron chi connectivity index (χ3n) is 4.15. The number of esters is 1. The molecule has 3 aromatic rings. The Morgan fingerprint density at radius 3 is 2.65 bits per heavy atom. The van der Waals surface area contributed by atoms with E-state index in [0.717, 1.165) is 17.0 Å². The Morgan fingerprint density at radius 2 is 2.00 bits per heavy atom. The first-order valence-electron chi connectivity index (χ1n) is 9.14. The first kappa shape index (κ1) is 22.9. The van der Waals surface area contributed by atoms with Crippen molar-refractivity contribution in [3.05, 3.63) is 57.7 Å². The van der Waals surface area contributed by atoms with E-state index in [1.807, 2.05) is 16.7 Å². The molecule has 2 aromatic heterocycles. The Labute approximate surface area is 191 Å². The molecular weight excluding hydrogens is 460 g/mol. The minimum atomic E-state index is -0.673. The zero-order valence-electron chi connectivity index (χ0n) is 16.7. The predicted molar refractivity (Wildman–Crippen MR) is 121 cm³/mol. The molecule has 0 spiro atoms. The molecule has 2 amide bonds. The summed E-state index contributed by atoms with van der Waals surface area (Å²) in [5.74, 6) is -1.62. The second kappa shape index (κ2) is 9.99. The number of ether oxygens (including phenoxy) is 1. The van der Waals surface area contributed by atoms with Gasteiger partial charge in [-0.2, -0.15) is 0 Å². The van der Waals surface area contributed by atoms with Crippen LogP contribution in [-0.4, -0.2) is 39.7 Å². The number of benzene rings is 1. The van der Waals surface area contributed by atoms with Crippen molar-refractivity contribution in [1.29, 1.82) is 0 Å². The van der Waals surface area contributed by atoms with Gasteiger partial charge in [0.2, 0.25) is 5.91 Å². The van der Waals surface area contributed by atoms with Crippen LogP contribution in [0.3, 0.4) is 0 Å². The number of amides is 2. The molecule has 0 fully saturated rings. The number of nitrogens with one attached hydrogen (secondary N) is 1. The zero-order valence-corrected chi connectivity index (χ0v) is 19.1. The predicted octanol–water partition coefficient (Wildman–Crippen LogP) is 3.90. The lowest BCUT2D eigenvalue weighted by Gasteiger charge is -2.09. The number of thiophene rings is 1. The van der Waals surface area contributed by atoms with Crippen LogP contribution in [0.1, 0.15) is 32.5 Å². The van der Waals surface area contributed by atoms with Crippen molar-refractivity contribution in [2.24, 2.45) is 5.73 Å². The van der Waals surface area contributed by atoms with Gasteiger partial charge in [0, 0.05) is 23.1 Å². The van der Waals surface area contributed by atoms with Gasteiger partial charge < -0.3 is 15.8 Å². The number of carbonyl (C=O) groups excluding carboxylic acids is 3. The molecule has 0 bridgehead atoms. The van der Waals surface area contributed by atoms with Gasteiger partial charge in [-0.05, 0) is 43.7 Å². The molecule has 2 heterocycles. The van der Waals surface area contributed by atoms with E-state index >= 15 is 0 Å². The fraction of sp³-hybridized carbons (Fsp3) is 0.200. The normalized spacial score (nSPS) is 10.7. The molecule has 0 atom stereocenters. The number of imidazole rings is 1. The van der Waals surface area contributed by atoms with Crippen LogP contribution in [0.15, 0.2) is 41.8 Å². The van der Waals surface area contributed by atoms with E-state index in [9.17, 15) is 14.4 Å². The molecule has 11 heteroatoms. The van der Waals surface area contributed by atoms with Gasteiger partial charge in [0.25, 0.3) is 5.91 Å². The zero-order chi connectivity index (χ0) is 22.5. The molecule has 0 radical (unpaired) electrons. The van der Waals surface area contributed by atoms with Crippen molar-refractivity contribution in [3.63, 3.8) is 0 Å². The summed E-state index contributed by atoms with van der Waals surface area (Å²) in [5, 5.41) is 4.16. The molecule has 0 aliphatic carbocycles. The quantitative estimate of drug-likeness (QED) is 0.374. The minimum Gasteiger partial charge on any atom is -0.462 e. The molecular formula is C20H19ClN4O4S2. The average Bonchev–Trinajstić information content (AvgIpc) is 3.31. The Kier molecular flexibility index (Phi) is 7.37. The lowest BCUT2D eigenvalue weighted by Crippen LogP contribution is -2.17. The van der Waals surface area contributed by atoms with Crippen molar-refractivity contribution in [3.8, 4) is 5.69 Å².